The highest BCUT2D eigenvalue weighted by atomic mass is 16.5. The van der Waals surface area contributed by atoms with E-state index in [2.05, 4.69) is 5.32 Å². The average Bonchev–Trinajstić information content (AvgIpc) is 2.82. The van der Waals surface area contributed by atoms with E-state index in [0.29, 0.717) is 37.0 Å². The van der Waals surface area contributed by atoms with E-state index in [9.17, 15) is 4.79 Å². The predicted octanol–water partition coefficient (Wildman–Crippen LogP) is 3.43. The molecule has 0 fully saturated rings. The Morgan fingerprint density at radius 1 is 1.12 bits per heavy atom. The van der Waals surface area contributed by atoms with E-state index in [4.69, 9.17) is 14.2 Å². The molecular formula is C19H21NO4. The number of carbonyl (C=O) groups is 1. The molecule has 5 nitrogen and oxygen atoms in total. The molecule has 5 heteroatoms. The van der Waals surface area contributed by atoms with Crippen molar-refractivity contribution in [3.63, 3.8) is 0 Å². The molecule has 126 valence electrons. The van der Waals surface area contributed by atoms with Gasteiger partial charge in [0.2, 0.25) is 5.91 Å². The van der Waals surface area contributed by atoms with Crippen molar-refractivity contribution in [1.82, 2.24) is 0 Å². The summed E-state index contributed by atoms with van der Waals surface area (Å²) in [4.78, 5) is 12.3. The number of hydrogen-bond donors (Lipinski definition) is 1. The number of ether oxygens (including phenoxy) is 3. The van der Waals surface area contributed by atoms with E-state index in [-0.39, 0.29) is 12.3 Å². The number of benzene rings is 2. The van der Waals surface area contributed by atoms with Crippen LogP contribution in [0.2, 0.25) is 0 Å². The first-order valence-electron chi connectivity index (χ1n) is 8.16. The highest BCUT2D eigenvalue weighted by Gasteiger charge is 2.13. The van der Waals surface area contributed by atoms with Crippen LogP contribution in [0.15, 0.2) is 42.5 Å². The van der Waals surface area contributed by atoms with Crippen LogP contribution in [-0.4, -0.2) is 25.7 Å². The lowest BCUT2D eigenvalue weighted by molar-refractivity contribution is -0.115. The molecule has 2 aromatic rings. The Bertz CT molecular complexity index is 714. The van der Waals surface area contributed by atoms with Gasteiger partial charge in [0.05, 0.1) is 31.9 Å². The van der Waals surface area contributed by atoms with Gasteiger partial charge in [0, 0.05) is 6.42 Å². The summed E-state index contributed by atoms with van der Waals surface area (Å²) in [6, 6.07) is 13.0. The molecule has 0 bridgehead atoms. The quantitative estimate of drug-likeness (QED) is 0.914. The largest absolute Gasteiger partial charge is 0.492 e. The van der Waals surface area contributed by atoms with Gasteiger partial charge in [-0.25, -0.2) is 0 Å². The normalized spacial score (nSPS) is 13.0. The molecule has 0 radical (unpaired) electrons. The first kappa shape index (κ1) is 16.2. The lowest BCUT2D eigenvalue weighted by atomic mass is 10.1. The number of anilines is 1. The Hall–Kier alpha value is -2.69. The molecule has 24 heavy (non-hydrogen) atoms. The number of rotatable bonds is 5. The van der Waals surface area contributed by atoms with Crippen LogP contribution in [-0.2, 0) is 11.2 Å². The van der Waals surface area contributed by atoms with Crippen molar-refractivity contribution < 1.29 is 19.0 Å². The van der Waals surface area contributed by atoms with Crippen molar-refractivity contribution >= 4 is 11.6 Å². The first-order chi connectivity index (χ1) is 11.8. The van der Waals surface area contributed by atoms with Crippen LogP contribution in [0.4, 0.5) is 5.69 Å². The predicted molar refractivity (Wildman–Crippen MR) is 92.0 cm³/mol. The summed E-state index contributed by atoms with van der Waals surface area (Å²) >= 11 is 0. The van der Waals surface area contributed by atoms with Crippen LogP contribution in [0, 0.1) is 0 Å². The summed E-state index contributed by atoms with van der Waals surface area (Å²) in [5.74, 6) is 2.01. The van der Waals surface area contributed by atoms with Crippen molar-refractivity contribution in [2.24, 2.45) is 0 Å². The Morgan fingerprint density at radius 2 is 1.92 bits per heavy atom. The Balaban J connectivity index is 1.68. The summed E-state index contributed by atoms with van der Waals surface area (Å²) in [5.41, 5.74) is 1.56. The maximum atomic E-state index is 12.3. The number of fused-ring (bicyclic) bond motifs is 1. The minimum absolute atomic E-state index is 0.100. The molecule has 1 aliphatic rings. The molecule has 0 aromatic heterocycles. The first-order valence-corrected chi connectivity index (χ1v) is 8.16. The van der Waals surface area contributed by atoms with Gasteiger partial charge in [0.1, 0.15) is 5.75 Å². The lowest BCUT2D eigenvalue weighted by Crippen LogP contribution is -2.15. The van der Waals surface area contributed by atoms with Gasteiger partial charge in [0.25, 0.3) is 0 Å². The molecule has 0 saturated carbocycles. The minimum atomic E-state index is -0.100. The molecule has 0 aliphatic carbocycles. The third kappa shape index (κ3) is 3.98. The van der Waals surface area contributed by atoms with Gasteiger partial charge in [-0.1, -0.05) is 18.2 Å². The zero-order valence-electron chi connectivity index (χ0n) is 13.7. The summed E-state index contributed by atoms with van der Waals surface area (Å²) in [6.45, 7) is 3.75. The molecule has 1 aliphatic heterocycles. The van der Waals surface area contributed by atoms with E-state index in [1.807, 2.05) is 49.4 Å². The molecule has 0 atom stereocenters. The van der Waals surface area contributed by atoms with Gasteiger partial charge in [-0.15, -0.1) is 0 Å². The second-order valence-electron chi connectivity index (χ2n) is 5.49. The second kappa shape index (κ2) is 7.73. The van der Waals surface area contributed by atoms with E-state index < -0.39 is 0 Å². The van der Waals surface area contributed by atoms with Crippen LogP contribution in [0.3, 0.4) is 0 Å². The fourth-order valence-corrected chi connectivity index (χ4v) is 2.55. The molecular weight excluding hydrogens is 306 g/mol. The van der Waals surface area contributed by atoms with Crippen LogP contribution in [0.25, 0.3) is 0 Å². The maximum absolute atomic E-state index is 12.3. The van der Waals surface area contributed by atoms with Crippen molar-refractivity contribution in [2.75, 3.05) is 25.1 Å². The molecule has 0 spiro atoms. The van der Waals surface area contributed by atoms with Crippen molar-refractivity contribution in [3.8, 4) is 17.2 Å². The Kier molecular flexibility index (Phi) is 5.21. The fourth-order valence-electron chi connectivity index (χ4n) is 2.55. The van der Waals surface area contributed by atoms with E-state index in [1.165, 1.54) is 0 Å². The molecule has 1 heterocycles. The van der Waals surface area contributed by atoms with Crippen LogP contribution >= 0.6 is 0 Å². The Morgan fingerprint density at radius 3 is 2.75 bits per heavy atom. The summed E-state index contributed by atoms with van der Waals surface area (Å²) in [6.07, 6.45) is 1.12. The monoisotopic (exact) mass is 327 g/mol. The molecule has 3 rings (SSSR count). The zero-order valence-corrected chi connectivity index (χ0v) is 13.7. The maximum Gasteiger partial charge on any atom is 0.228 e. The Labute approximate surface area is 141 Å². The topological polar surface area (TPSA) is 56.8 Å². The zero-order chi connectivity index (χ0) is 16.8. The average molecular weight is 327 g/mol. The minimum Gasteiger partial charge on any atom is -0.492 e. The van der Waals surface area contributed by atoms with Crippen molar-refractivity contribution in [1.29, 1.82) is 0 Å². The van der Waals surface area contributed by atoms with Crippen molar-refractivity contribution in [2.45, 2.75) is 19.8 Å². The van der Waals surface area contributed by atoms with E-state index >= 15 is 0 Å². The molecule has 2 aromatic carbocycles. The smallest absolute Gasteiger partial charge is 0.228 e. The van der Waals surface area contributed by atoms with Gasteiger partial charge in [-0.05, 0) is 36.8 Å². The van der Waals surface area contributed by atoms with Crippen LogP contribution in [0.1, 0.15) is 18.9 Å². The van der Waals surface area contributed by atoms with Crippen molar-refractivity contribution in [3.05, 3.63) is 48.0 Å². The highest BCUT2D eigenvalue weighted by molar-refractivity contribution is 5.93. The number of amides is 1. The third-order valence-corrected chi connectivity index (χ3v) is 3.64. The number of hydrogen-bond acceptors (Lipinski definition) is 4. The van der Waals surface area contributed by atoms with Crippen LogP contribution < -0.4 is 19.5 Å². The number of carbonyl (C=O) groups excluding carboxylic acids is 1. The fraction of sp³-hybridized carbons (Fsp3) is 0.316. The summed E-state index contributed by atoms with van der Waals surface area (Å²) in [7, 11) is 0. The summed E-state index contributed by atoms with van der Waals surface area (Å²) in [5, 5.41) is 2.90. The highest BCUT2D eigenvalue weighted by Crippen LogP contribution is 2.31. The molecule has 0 saturated heterocycles. The van der Waals surface area contributed by atoms with Crippen LogP contribution in [0.5, 0.6) is 17.2 Å². The SMILES string of the molecule is CCOc1ccccc1NC(=O)Cc1ccc2c(c1)OCCCO2. The molecule has 1 N–H and O–H groups in total. The third-order valence-electron chi connectivity index (χ3n) is 3.64. The van der Waals surface area contributed by atoms with E-state index in [0.717, 1.165) is 17.7 Å². The van der Waals surface area contributed by atoms with Gasteiger partial charge in [-0.3, -0.25) is 4.79 Å². The standard InChI is InChI=1S/C19H21NO4/c1-2-22-16-7-4-3-6-15(16)20-19(21)13-14-8-9-17-18(12-14)24-11-5-10-23-17/h3-4,6-9,12H,2,5,10-11,13H2,1H3,(H,20,21). The molecule has 1 amide bonds. The molecule has 0 unspecified atom stereocenters. The van der Waals surface area contributed by atoms with E-state index in [1.54, 1.807) is 0 Å². The number of para-hydroxylation sites is 2. The van der Waals surface area contributed by atoms with Gasteiger partial charge >= 0.3 is 0 Å². The van der Waals surface area contributed by atoms with Gasteiger partial charge in [0.15, 0.2) is 11.5 Å². The van der Waals surface area contributed by atoms with Gasteiger partial charge < -0.3 is 19.5 Å². The van der Waals surface area contributed by atoms with Gasteiger partial charge in [-0.2, -0.15) is 0 Å². The second-order valence-corrected chi connectivity index (χ2v) is 5.49. The number of nitrogens with one attached hydrogen (secondary N) is 1. The summed E-state index contributed by atoms with van der Waals surface area (Å²) < 4.78 is 16.8. The lowest BCUT2D eigenvalue weighted by Gasteiger charge is -2.12.